The predicted octanol–water partition coefficient (Wildman–Crippen LogP) is 4.20. The van der Waals surface area contributed by atoms with E-state index in [9.17, 15) is 4.79 Å². The predicted molar refractivity (Wildman–Crippen MR) is 93.4 cm³/mol. The third-order valence-corrected chi connectivity index (χ3v) is 5.07. The lowest BCUT2D eigenvalue weighted by Gasteiger charge is -2.31. The second-order valence-corrected chi connectivity index (χ2v) is 6.57. The molecular weight excluding hydrogens is 284 g/mol. The van der Waals surface area contributed by atoms with Gasteiger partial charge in [0.15, 0.2) is 0 Å². The highest BCUT2D eigenvalue weighted by molar-refractivity contribution is 6.00. The van der Waals surface area contributed by atoms with Gasteiger partial charge in [0.1, 0.15) is 0 Å². The smallest absolute Gasteiger partial charge is 0.232 e. The number of hydrogen-bond acceptors (Lipinski definition) is 2. The minimum absolute atomic E-state index is 0.0971. The molecule has 2 aliphatic rings. The Balaban J connectivity index is 1.74. The molecule has 2 aromatic rings. The Kier molecular flexibility index (Phi) is 3.78. The summed E-state index contributed by atoms with van der Waals surface area (Å²) in [5.41, 5.74) is 3.27. The van der Waals surface area contributed by atoms with Crippen LogP contribution in [0.25, 0.3) is 0 Å². The van der Waals surface area contributed by atoms with E-state index >= 15 is 0 Å². The molecule has 0 bridgehead atoms. The van der Waals surface area contributed by atoms with Crippen molar-refractivity contribution in [3.63, 3.8) is 0 Å². The number of rotatable bonds is 2. The zero-order valence-electron chi connectivity index (χ0n) is 13.2. The fourth-order valence-corrected chi connectivity index (χ4v) is 3.88. The summed E-state index contributed by atoms with van der Waals surface area (Å²) in [4.78, 5) is 15.2. The molecule has 2 aromatic carbocycles. The number of amides is 1. The van der Waals surface area contributed by atoms with Crippen LogP contribution in [-0.4, -0.2) is 11.9 Å². The Hall–Kier alpha value is -2.29. The molecule has 0 spiro atoms. The molecule has 0 unspecified atom stereocenters. The van der Waals surface area contributed by atoms with Crippen LogP contribution < -0.4 is 10.2 Å². The second-order valence-electron chi connectivity index (χ2n) is 6.57. The maximum Gasteiger partial charge on any atom is 0.232 e. The SMILES string of the molecule is O=C1[C@H]2CCCC[C@H]2Nc2ccccc2N1Cc1ccccc1. The van der Waals surface area contributed by atoms with Crippen molar-refractivity contribution in [3.05, 3.63) is 60.2 Å². The Bertz CT molecular complexity index is 698. The van der Waals surface area contributed by atoms with Crippen molar-refractivity contribution in [2.24, 2.45) is 5.92 Å². The number of fused-ring (bicyclic) bond motifs is 2. The highest BCUT2D eigenvalue weighted by atomic mass is 16.2. The van der Waals surface area contributed by atoms with Gasteiger partial charge in [0.05, 0.1) is 23.8 Å². The molecular formula is C20H22N2O. The molecule has 1 N–H and O–H groups in total. The Morgan fingerprint density at radius 1 is 0.957 bits per heavy atom. The van der Waals surface area contributed by atoms with Crippen molar-refractivity contribution in [1.82, 2.24) is 0 Å². The van der Waals surface area contributed by atoms with Crippen molar-refractivity contribution in [1.29, 1.82) is 0 Å². The standard InChI is InChI=1S/C20H22N2O/c23-20-16-10-4-5-11-17(16)21-18-12-6-7-13-19(18)22(20)14-15-8-2-1-3-9-15/h1-3,6-9,12-13,16-17,21H,4-5,10-11,14H2/t16-,17+/m0/s1. The third-order valence-electron chi connectivity index (χ3n) is 5.07. The Labute approximate surface area is 137 Å². The first-order valence-corrected chi connectivity index (χ1v) is 8.54. The van der Waals surface area contributed by atoms with Crippen LogP contribution in [0.4, 0.5) is 11.4 Å². The average molecular weight is 306 g/mol. The number of carbonyl (C=O) groups is 1. The maximum atomic E-state index is 13.2. The van der Waals surface area contributed by atoms with E-state index in [0.29, 0.717) is 6.54 Å². The van der Waals surface area contributed by atoms with Gasteiger partial charge in [-0.2, -0.15) is 0 Å². The van der Waals surface area contributed by atoms with Gasteiger partial charge >= 0.3 is 0 Å². The molecule has 118 valence electrons. The van der Waals surface area contributed by atoms with E-state index in [1.54, 1.807) is 0 Å². The molecule has 1 saturated carbocycles. The van der Waals surface area contributed by atoms with Crippen LogP contribution in [0.3, 0.4) is 0 Å². The minimum atomic E-state index is 0.0971. The Morgan fingerprint density at radius 2 is 1.70 bits per heavy atom. The van der Waals surface area contributed by atoms with Crippen LogP contribution in [0.5, 0.6) is 0 Å². The van der Waals surface area contributed by atoms with Gasteiger partial charge in [-0.1, -0.05) is 55.3 Å². The molecule has 1 aliphatic heterocycles. The normalized spacial score (nSPS) is 23.5. The lowest BCUT2D eigenvalue weighted by Crippen LogP contribution is -2.42. The van der Waals surface area contributed by atoms with Gasteiger partial charge in [0.2, 0.25) is 5.91 Å². The monoisotopic (exact) mass is 306 g/mol. The molecule has 1 aliphatic carbocycles. The molecule has 2 atom stereocenters. The minimum Gasteiger partial charge on any atom is -0.380 e. The lowest BCUT2D eigenvalue weighted by molar-refractivity contribution is -0.123. The van der Waals surface area contributed by atoms with Crippen LogP contribution in [0.2, 0.25) is 0 Å². The maximum absolute atomic E-state index is 13.2. The molecule has 3 nitrogen and oxygen atoms in total. The number of nitrogens with zero attached hydrogens (tertiary/aromatic N) is 1. The molecule has 1 heterocycles. The van der Waals surface area contributed by atoms with Crippen molar-refractivity contribution in [2.75, 3.05) is 10.2 Å². The summed E-state index contributed by atoms with van der Waals surface area (Å²) in [6.07, 6.45) is 4.45. The molecule has 4 rings (SSSR count). The molecule has 1 amide bonds. The number of para-hydroxylation sites is 2. The van der Waals surface area contributed by atoms with Crippen molar-refractivity contribution < 1.29 is 4.79 Å². The summed E-state index contributed by atoms with van der Waals surface area (Å²) in [6, 6.07) is 18.7. The van der Waals surface area contributed by atoms with Crippen LogP contribution in [0.15, 0.2) is 54.6 Å². The van der Waals surface area contributed by atoms with E-state index in [0.717, 1.165) is 30.6 Å². The highest BCUT2D eigenvalue weighted by Crippen LogP contribution is 2.38. The number of benzene rings is 2. The van der Waals surface area contributed by atoms with E-state index in [4.69, 9.17) is 0 Å². The highest BCUT2D eigenvalue weighted by Gasteiger charge is 2.37. The number of hydrogen-bond donors (Lipinski definition) is 1. The van der Waals surface area contributed by atoms with Gasteiger partial charge in [0, 0.05) is 6.04 Å². The topological polar surface area (TPSA) is 32.3 Å². The van der Waals surface area contributed by atoms with Gasteiger partial charge in [-0.25, -0.2) is 0 Å². The summed E-state index contributed by atoms with van der Waals surface area (Å²) in [5, 5.41) is 3.65. The Morgan fingerprint density at radius 3 is 2.57 bits per heavy atom. The summed E-state index contributed by atoms with van der Waals surface area (Å²) in [5.74, 6) is 0.371. The summed E-state index contributed by atoms with van der Waals surface area (Å²) in [6.45, 7) is 0.640. The van der Waals surface area contributed by atoms with E-state index in [-0.39, 0.29) is 17.9 Å². The van der Waals surface area contributed by atoms with Crippen LogP contribution in [0, 0.1) is 5.92 Å². The van der Waals surface area contributed by atoms with Gasteiger partial charge < -0.3 is 10.2 Å². The first kappa shape index (κ1) is 14.3. The molecule has 0 saturated heterocycles. The van der Waals surface area contributed by atoms with E-state index < -0.39 is 0 Å². The number of anilines is 2. The van der Waals surface area contributed by atoms with Crippen LogP contribution in [0.1, 0.15) is 31.2 Å². The van der Waals surface area contributed by atoms with Gasteiger partial charge in [-0.3, -0.25) is 4.79 Å². The first-order chi connectivity index (χ1) is 11.3. The molecule has 1 fully saturated rings. The first-order valence-electron chi connectivity index (χ1n) is 8.54. The van der Waals surface area contributed by atoms with Gasteiger partial charge in [-0.05, 0) is 30.5 Å². The van der Waals surface area contributed by atoms with Crippen LogP contribution >= 0.6 is 0 Å². The van der Waals surface area contributed by atoms with Crippen LogP contribution in [-0.2, 0) is 11.3 Å². The van der Waals surface area contributed by atoms with Crippen molar-refractivity contribution in [2.45, 2.75) is 38.3 Å². The fourth-order valence-electron chi connectivity index (χ4n) is 3.88. The number of carbonyl (C=O) groups excluding carboxylic acids is 1. The summed E-state index contributed by atoms with van der Waals surface area (Å²) >= 11 is 0. The zero-order chi connectivity index (χ0) is 15.6. The van der Waals surface area contributed by atoms with E-state index in [1.807, 2.05) is 35.2 Å². The largest absolute Gasteiger partial charge is 0.380 e. The second kappa shape index (κ2) is 6.07. The molecule has 3 heteroatoms. The quantitative estimate of drug-likeness (QED) is 0.901. The zero-order valence-corrected chi connectivity index (χ0v) is 13.2. The van der Waals surface area contributed by atoms with Crippen molar-refractivity contribution in [3.8, 4) is 0 Å². The fraction of sp³-hybridized carbons (Fsp3) is 0.350. The van der Waals surface area contributed by atoms with Crippen molar-refractivity contribution >= 4 is 17.3 Å². The third kappa shape index (κ3) is 2.72. The lowest BCUT2D eigenvalue weighted by atomic mass is 9.84. The molecule has 0 aromatic heterocycles. The van der Waals surface area contributed by atoms with Gasteiger partial charge in [0.25, 0.3) is 0 Å². The average Bonchev–Trinajstić information content (AvgIpc) is 2.72. The van der Waals surface area contributed by atoms with E-state index in [2.05, 4.69) is 29.6 Å². The summed E-state index contributed by atoms with van der Waals surface area (Å²) < 4.78 is 0. The summed E-state index contributed by atoms with van der Waals surface area (Å²) in [7, 11) is 0. The van der Waals surface area contributed by atoms with Gasteiger partial charge in [-0.15, -0.1) is 0 Å². The molecule has 23 heavy (non-hydrogen) atoms. The number of nitrogens with one attached hydrogen (secondary N) is 1. The molecule has 0 radical (unpaired) electrons. The van der Waals surface area contributed by atoms with E-state index in [1.165, 1.54) is 12.0 Å².